The van der Waals surface area contributed by atoms with Gasteiger partial charge in [0, 0.05) is 10.9 Å². The van der Waals surface area contributed by atoms with E-state index in [2.05, 4.69) is 15.9 Å². The highest BCUT2D eigenvalue weighted by Gasteiger charge is 2.08. The lowest BCUT2D eigenvalue weighted by atomic mass is 10.1. The topological polar surface area (TPSA) is 69.4 Å². The summed E-state index contributed by atoms with van der Waals surface area (Å²) in [6, 6.07) is 5.30. The van der Waals surface area contributed by atoms with Gasteiger partial charge in [-0.1, -0.05) is 15.9 Å². The largest absolute Gasteiger partial charge is 0.493 e. The van der Waals surface area contributed by atoms with Gasteiger partial charge >= 0.3 is 0 Å². The monoisotopic (exact) mass is 313 g/mol. The molecule has 0 aliphatic heterocycles. The molecule has 0 spiro atoms. The molecule has 0 fully saturated rings. The average molecular weight is 314 g/mol. The molecular formula is C13H16BrNO3. The first kappa shape index (κ1) is 14.7. The molecule has 0 radical (unpaired) electrons. The van der Waals surface area contributed by atoms with Crippen LogP contribution in [0.3, 0.4) is 0 Å². The van der Waals surface area contributed by atoms with E-state index in [0.717, 1.165) is 10.9 Å². The van der Waals surface area contributed by atoms with Crippen molar-refractivity contribution in [3.05, 3.63) is 28.2 Å². The second kappa shape index (κ2) is 7.16. The number of halogens is 1. The van der Waals surface area contributed by atoms with Gasteiger partial charge in [0.2, 0.25) is 5.91 Å². The molecule has 1 aromatic rings. The van der Waals surface area contributed by atoms with Gasteiger partial charge in [0.15, 0.2) is 5.78 Å². The number of ketones is 1. The molecule has 1 aromatic carbocycles. The second-order valence-electron chi connectivity index (χ2n) is 3.97. The molecule has 0 aromatic heterocycles. The van der Waals surface area contributed by atoms with Crippen LogP contribution < -0.4 is 10.5 Å². The number of amides is 1. The van der Waals surface area contributed by atoms with E-state index < -0.39 is 0 Å². The number of hydrogen-bond acceptors (Lipinski definition) is 3. The van der Waals surface area contributed by atoms with Crippen molar-refractivity contribution in [1.82, 2.24) is 0 Å². The minimum absolute atomic E-state index is 0.0327. The lowest BCUT2D eigenvalue weighted by molar-refractivity contribution is -0.118. The molecule has 2 N–H and O–H groups in total. The Morgan fingerprint density at radius 2 is 2.06 bits per heavy atom. The van der Waals surface area contributed by atoms with Crippen LogP contribution in [-0.4, -0.2) is 18.3 Å². The van der Waals surface area contributed by atoms with Crippen molar-refractivity contribution < 1.29 is 14.3 Å². The fourth-order valence-electron chi connectivity index (χ4n) is 1.49. The Hall–Kier alpha value is -1.36. The van der Waals surface area contributed by atoms with E-state index >= 15 is 0 Å². The molecule has 5 heteroatoms. The van der Waals surface area contributed by atoms with Crippen LogP contribution in [0.25, 0.3) is 0 Å². The number of carbonyl (C=O) groups is 2. The van der Waals surface area contributed by atoms with Crippen LogP contribution in [-0.2, 0) is 4.79 Å². The molecule has 0 unspecified atom stereocenters. The van der Waals surface area contributed by atoms with Gasteiger partial charge in [-0.25, -0.2) is 0 Å². The fourth-order valence-corrected chi connectivity index (χ4v) is 1.83. The first-order chi connectivity index (χ1) is 8.50. The van der Waals surface area contributed by atoms with Crippen molar-refractivity contribution in [2.75, 3.05) is 6.61 Å². The second-order valence-corrected chi connectivity index (χ2v) is 4.88. The predicted octanol–water partition coefficient (Wildman–Crippen LogP) is 2.69. The third kappa shape index (κ3) is 4.87. The molecule has 0 bridgehead atoms. The van der Waals surface area contributed by atoms with E-state index in [0.29, 0.717) is 30.8 Å². The lowest BCUT2D eigenvalue weighted by Crippen LogP contribution is -2.10. The summed E-state index contributed by atoms with van der Waals surface area (Å²) < 4.78 is 6.42. The molecule has 0 saturated carbocycles. The minimum atomic E-state index is -0.304. The van der Waals surface area contributed by atoms with Crippen molar-refractivity contribution in [2.24, 2.45) is 5.73 Å². The normalized spacial score (nSPS) is 10.1. The zero-order valence-electron chi connectivity index (χ0n) is 10.2. The molecular weight excluding hydrogens is 298 g/mol. The molecule has 98 valence electrons. The van der Waals surface area contributed by atoms with Crippen LogP contribution in [0.1, 0.15) is 36.5 Å². The molecule has 0 heterocycles. The van der Waals surface area contributed by atoms with Crippen molar-refractivity contribution in [1.29, 1.82) is 0 Å². The van der Waals surface area contributed by atoms with E-state index in [-0.39, 0.29) is 11.7 Å². The van der Waals surface area contributed by atoms with Gasteiger partial charge in [-0.3, -0.25) is 9.59 Å². The van der Waals surface area contributed by atoms with Crippen LogP contribution in [0.15, 0.2) is 22.7 Å². The third-order valence-corrected chi connectivity index (χ3v) is 2.89. The number of Topliss-reactive ketones (excluding diaryl/α,β-unsaturated/α-hetero) is 1. The highest BCUT2D eigenvalue weighted by Crippen LogP contribution is 2.24. The summed E-state index contributed by atoms with van der Waals surface area (Å²) >= 11 is 3.33. The van der Waals surface area contributed by atoms with E-state index in [1.54, 1.807) is 18.2 Å². The van der Waals surface area contributed by atoms with Crippen LogP contribution >= 0.6 is 15.9 Å². The van der Waals surface area contributed by atoms with Gasteiger partial charge in [0.05, 0.1) is 12.2 Å². The summed E-state index contributed by atoms with van der Waals surface area (Å²) in [6.45, 7) is 1.97. The standard InChI is InChI=1S/C13H16BrNO3/c1-9(16)11-6-5-10(14)8-12(11)18-7-3-2-4-13(15)17/h5-6,8H,2-4,7H2,1H3,(H2,15,17). The zero-order valence-corrected chi connectivity index (χ0v) is 11.8. The van der Waals surface area contributed by atoms with Crippen molar-refractivity contribution >= 4 is 27.6 Å². The average Bonchev–Trinajstić information content (AvgIpc) is 2.27. The Balaban J connectivity index is 2.53. The Morgan fingerprint density at radius 3 is 2.67 bits per heavy atom. The number of nitrogens with two attached hydrogens (primary N) is 1. The number of primary amides is 1. The van der Waals surface area contributed by atoms with Gasteiger partial charge in [0.1, 0.15) is 5.75 Å². The van der Waals surface area contributed by atoms with Crippen molar-refractivity contribution in [3.63, 3.8) is 0 Å². The number of unbranched alkanes of at least 4 members (excludes halogenated alkanes) is 1. The highest BCUT2D eigenvalue weighted by atomic mass is 79.9. The Kier molecular flexibility index (Phi) is 5.85. The summed E-state index contributed by atoms with van der Waals surface area (Å²) in [6.07, 6.45) is 1.78. The lowest BCUT2D eigenvalue weighted by Gasteiger charge is -2.10. The van der Waals surface area contributed by atoms with Crippen LogP contribution in [0.5, 0.6) is 5.75 Å². The molecule has 1 amide bonds. The number of benzene rings is 1. The van der Waals surface area contributed by atoms with Crippen LogP contribution in [0.4, 0.5) is 0 Å². The Morgan fingerprint density at radius 1 is 1.33 bits per heavy atom. The molecule has 1 rings (SSSR count). The van der Waals surface area contributed by atoms with Gasteiger partial charge in [-0.05, 0) is 38.0 Å². The summed E-state index contributed by atoms with van der Waals surface area (Å²) in [5.41, 5.74) is 5.60. The van der Waals surface area contributed by atoms with E-state index in [4.69, 9.17) is 10.5 Å². The fraction of sp³-hybridized carbons (Fsp3) is 0.385. The molecule has 0 aliphatic carbocycles. The maximum absolute atomic E-state index is 11.4. The molecule has 4 nitrogen and oxygen atoms in total. The van der Waals surface area contributed by atoms with Gasteiger partial charge < -0.3 is 10.5 Å². The molecule has 0 saturated heterocycles. The van der Waals surface area contributed by atoms with E-state index in [1.165, 1.54) is 6.92 Å². The minimum Gasteiger partial charge on any atom is -0.493 e. The number of rotatable bonds is 7. The third-order valence-electron chi connectivity index (χ3n) is 2.40. The zero-order chi connectivity index (χ0) is 13.5. The first-order valence-corrected chi connectivity index (χ1v) is 6.51. The smallest absolute Gasteiger partial charge is 0.217 e. The van der Waals surface area contributed by atoms with Crippen molar-refractivity contribution in [3.8, 4) is 5.75 Å². The molecule has 0 aliphatic rings. The van der Waals surface area contributed by atoms with Gasteiger partial charge in [-0.15, -0.1) is 0 Å². The first-order valence-electron chi connectivity index (χ1n) is 5.72. The van der Waals surface area contributed by atoms with Gasteiger partial charge in [-0.2, -0.15) is 0 Å². The highest BCUT2D eigenvalue weighted by molar-refractivity contribution is 9.10. The molecule has 18 heavy (non-hydrogen) atoms. The Bertz CT molecular complexity index is 446. The number of ether oxygens (including phenoxy) is 1. The van der Waals surface area contributed by atoms with Crippen LogP contribution in [0, 0.1) is 0 Å². The number of hydrogen-bond donors (Lipinski definition) is 1. The summed E-state index contributed by atoms with van der Waals surface area (Å²) in [4.78, 5) is 22.0. The van der Waals surface area contributed by atoms with Crippen molar-refractivity contribution in [2.45, 2.75) is 26.2 Å². The van der Waals surface area contributed by atoms with Gasteiger partial charge in [0.25, 0.3) is 0 Å². The SMILES string of the molecule is CC(=O)c1ccc(Br)cc1OCCCCC(N)=O. The van der Waals surface area contributed by atoms with E-state index in [9.17, 15) is 9.59 Å². The summed E-state index contributed by atoms with van der Waals surface area (Å²) in [5, 5.41) is 0. The van der Waals surface area contributed by atoms with Crippen LogP contribution in [0.2, 0.25) is 0 Å². The summed E-state index contributed by atoms with van der Waals surface area (Å²) in [7, 11) is 0. The maximum Gasteiger partial charge on any atom is 0.217 e. The Labute approximate surface area is 115 Å². The maximum atomic E-state index is 11.4. The molecule has 0 atom stereocenters. The van der Waals surface area contributed by atoms with E-state index in [1.807, 2.05) is 0 Å². The number of carbonyl (C=O) groups excluding carboxylic acids is 2. The summed E-state index contributed by atoms with van der Waals surface area (Å²) in [5.74, 6) is 0.229. The quantitative estimate of drug-likeness (QED) is 0.621. The predicted molar refractivity (Wildman–Crippen MR) is 72.7 cm³/mol.